The molecular formula is C7H8N4O. The first-order valence-corrected chi connectivity index (χ1v) is 3.49. The number of H-pyrrole nitrogens is 1. The van der Waals surface area contributed by atoms with Gasteiger partial charge in [0.1, 0.15) is 0 Å². The van der Waals surface area contributed by atoms with Gasteiger partial charge in [0, 0.05) is 7.05 Å². The summed E-state index contributed by atoms with van der Waals surface area (Å²) in [4.78, 5) is 15.2. The highest BCUT2D eigenvalue weighted by atomic mass is 16.1. The third-order valence-electron chi connectivity index (χ3n) is 1.72. The van der Waals surface area contributed by atoms with Gasteiger partial charge in [0.2, 0.25) is 0 Å². The van der Waals surface area contributed by atoms with Crippen molar-refractivity contribution in [2.24, 2.45) is 7.05 Å². The van der Waals surface area contributed by atoms with Crippen LogP contribution in [0, 0.1) is 0 Å². The summed E-state index contributed by atoms with van der Waals surface area (Å²) in [6.07, 6.45) is 1.52. The van der Waals surface area contributed by atoms with Crippen LogP contribution >= 0.6 is 0 Å². The van der Waals surface area contributed by atoms with Crippen LogP contribution in [0.1, 0.15) is 0 Å². The summed E-state index contributed by atoms with van der Waals surface area (Å²) < 4.78 is 1.57. The lowest BCUT2D eigenvalue weighted by atomic mass is 10.3. The SMILES string of the molecule is Cn1[nH]c(=O)c2cc(N)cnc21. The highest BCUT2D eigenvalue weighted by Crippen LogP contribution is 2.08. The summed E-state index contributed by atoms with van der Waals surface area (Å²) in [5.74, 6) is 0. The summed E-state index contributed by atoms with van der Waals surface area (Å²) in [7, 11) is 1.73. The fraction of sp³-hybridized carbons (Fsp3) is 0.143. The minimum absolute atomic E-state index is 0.160. The normalized spacial score (nSPS) is 10.8. The summed E-state index contributed by atoms with van der Waals surface area (Å²) in [6, 6.07) is 1.61. The van der Waals surface area contributed by atoms with E-state index < -0.39 is 0 Å². The van der Waals surface area contributed by atoms with Gasteiger partial charge < -0.3 is 5.73 Å². The van der Waals surface area contributed by atoms with Crippen molar-refractivity contribution in [2.75, 3.05) is 5.73 Å². The summed E-state index contributed by atoms with van der Waals surface area (Å²) in [6.45, 7) is 0. The molecule has 0 spiro atoms. The topological polar surface area (TPSA) is 76.7 Å². The number of hydrogen-bond acceptors (Lipinski definition) is 3. The molecular weight excluding hydrogens is 156 g/mol. The van der Waals surface area contributed by atoms with Crippen molar-refractivity contribution in [2.45, 2.75) is 0 Å². The molecule has 2 rings (SSSR count). The monoisotopic (exact) mass is 164 g/mol. The molecule has 0 amide bonds. The maximum atomic E-state index is 11.2. The average molecular weight is 164 g/mol. The standard InChI is InChI=1S/C7H8N4O/c1-11-6-5(7(12)10-11)2-4(8)3-9-6/h2-3H,8H2,1H3,(H,10,12). The molecule has 5 heteroatoms. The molecule has 0 saturated carbocycles. The molecule has 0 radical (unpaired) electrons. The molecule has 0 aliphatic rings. The van der Waals surface area contributed by atoms with Gasteiger partial charge in [-0.2, -0.15) is 0 Å². The zero-order valence-corrected chi connectivity index (χ0v) is 6.53. The van der Waals surface area contributed by atoms with E-state index in [0.717, 1.165) is 0 Å². The van der Waals surface area contributed by atoms with E-state index in [1.807, 2.05) is 0 Å². The van der Waals surface area contributed by atoms with Gasteiger partial charge >= 0.3 is 0 Å². The summed E-state index contributed by atoms with van der Waals surface area (Å²) in [5.41, 5.74) is 6.44. The number of aromatic nitrogens is 3. The van der Waals surface area contributed by atoms with E-state index in [0.29, 0.717) is 16.7 Å². The molecule has 0 saturated heterocycles. The lowest BCUT2D eigenvalue weighted by Gasteiger charge is -1.93. The Morgan fingerprint density at radius 2 is 2.42 bits per heavy atom. The van der Waals surface area contributed by atoms with Gasteiger partial charge in [-0.15, -0.1) is 0 Å². The van der Waals surface area contributed by atoms with Crippen LogP contribution in [0.3, 0.4) is 0 Å². The first-order valence-electron chi connectivity index (χ1n) is 3.49. The van der Waals surface area contributed by atoms with Crippen molar-refractivity contribution < 1.29 is 0 Å². The second-order valence-corrected chi connectivity index (χ2v) is 2.64. The molecule has 0 aliphatic heterocycles. The molecule has 5 nitrogen and oxygen atoms in total. The summed E-state index contributed by atoms with van der Waals surface area (Å²) >= 11 is 0. The van der Waals surface area contributed by atoms with Gasteiger partial charge in [0.25, 0.3) is 5.56 Å². The molecule has 0 aromatic carbocycles. The van der Waals surface area contributed by atoms with E-state index in [2.05, 4.69) is 10.1 Å². The fourth-order valence-corrected chi connectivity index (χ4v) is 1.17. The molecule has 62 valence electrons. The molecule has 3 N–H and O–H groups in total. The van der Waals surface area contributed by atoms with Gasteiger partial charge in [-0.3, -0.25) is 14.6 Å². The fourth-order valence-electron chi connectivity index (χ4n) is 1.17. The van der Waals surface area contributed by atoms with Gasteiger partial charge in [-0.1, -0.05) is 0 Å². The molecule has 2 heterocycles. The first kappa shape index (κ1) is 6.90. The molecule has 12 heavy (non-hydrogen) atoms. The third kappa shape index (κ3) is 0.795. The zero-order chi connectivity index (χ0) is 8.72. The lowest BCUT2D eigenvalue weighted by molar-refractivity contribution is 0.774. The van der Waals surface area contributed by atoms with Crippen LogP contribution < -0.4 is 11.3 Å². The Kier molecular flexibility index (Phi) is 1.21. The highest BCUT2D eigenvalue weighted by Gasteiger charge is 2.03. The zero-order valence-electron chi connectivity index (χ0n) is 6.53. The maximum Gasteiger partial charge on any atom is 0.273 e. The Morgan fingerprint density at radius 3 is 3.17 bits per heavy atom. The van der Waals surface area contributed by atoms with E-state index in [1.54, 1.807) is 17.8 Å². The maximum absolute atomic E-state index is 11.2. The Labute approximate surface area is 67.8 Å². The predicted molar refractivity (Wildman–Crippen MR) is 45.7 cm³/mol. The van der Waals surface area contributed by atoms with Crippen molar-refractivity contribution >= 4 is 16.7 Å². The molecule has 0 fully saturated rings. The number of nitrogens with zero attached hydrogens (tertiary/aromatic N) is 2. The van der Waals surface area contributed by atoms with Crippen LogP contribution in [-0.4, -0.2) is 14.8 Å². The van der Waals surface area contributed by atoms with Crippen LogP contribution in [-0.2, 0) is 7.05 Å². The second kappa shape index (κ2) is 2.10. The van der Waals surface area contributed by atoms with E-state index >= 15 is 0 Å². The van der Waals surface area contributed by atoms with Crippen LogP contribution in [0.4, 0.5) is 5.69 Å². The van der Waals surface area contributed by atoms with E-state index in [-0.39, 0.29) is 5.56 Å². The van der Waals surface area contributed by atoms with Crippen molar-refractivity contribution in [1.29, 1.82) is 0 Å². The number of rotatable bonds is 0. The van der Waals surface area contributed by atoms with Crippen LogP contribution in [0.15, 0.2) is 17.1 Å². The Balaban J connectivity index is 3.00. The van der Waals surface area contributed by atoms with Gasteiger partial charge in [-0.05, 0) is 6.07 Å². The molecule has 0 bridgehead atoms. The van der Waals surface area contributed by atoms with Crippen LogP contribution in [0.25, 0.3) is 11.0 Å². The number of pyridine rings is 1. The number of aryl methyl sites for hydroxylation is 1. The average Bonchev–Trinajstić information content (AvgIpc) is 2.28. The van der Waals surface area contributed by atoms with Crippen molar-refractivity contribution in [3.05, 3.63) is 22.6 Å². The number of fused-ring (bicyclic) bond motifs is 1. The van der Waals surface area contributed by atoms with Gasteiger partial charge in [-0.25, -0.2) is 4.98 Å². The molecule has 0 unspecified atom stereocenters. The Hall–Kier alpha value is -1.78. The minimum atomic E-state index is -0.160. The Morgan fingerprint density at radius 1 is 1.67 bits per heavy atom. The molecule has 0 aliphatic carbocycles. The summed E-state index contributed by atoms with van der Waals surface area (Å²) in [5, 5.41) is 3.11. The van der Waals surface area contributed by atoms with E-state index in [1.165, 1.54) is 6.20 Å². The van der Waals surface area contributed by atoms with Crippen molar-refractivity contribution in [1.82, 2.24) is 14.8 Å². The van der Waals surface area contributed by atoms with Gasteiger partial charge in [0.15, 0.2) is 5.65 Å². The van der Waals surface area contributed by atoms with E-state index in [4.69, 9.17) is 5.73 Å². The van der Waals surface area contributed by atoms with E-state index in [9.17, 15) is 4.79 Å². The number of nitrogens with one attached hydrogen (secondary N) is 1. The second-order valence-electron chi connectivity index (χ2n) is 2.64. The lowest BCUT2D eigenvalue weighted by Crippen LogP contribution is -2.01. The largest absolute Gasteiger partial charge is 0.397 e. The number of hydrogen-bond donors (Lipinski definition) is 2. The minimum Gasteiger partial charge on any atom is -0.397 e. The van der Waals surface area contributed by atoms with Crippen LogP contribution in [0.2, 0.25) is 0 Å². The predicted octanol–water partition coefficient (Wildman–Crippen LogP) is -0.156. The molecule has 0 atom stereocenters. The smallest absolute Gasteiger partial charge is 0.273 e. The quantitative estimate of drug-likeness (QED) is 0.568. The van der Waals surface area contributed by atoms with Gasteiger partial charge in [0.05, 0.1) is 17.3 Å². The first-order chi connectivity index (χ1) is 5.68. The number of anilines is 1. The molecule has 2 aromatic rings. The highest BCUT2D eigenvalue weighted by molar-refractivity contribution is 5.77. The molecule has 2 aromatic heterocycles. The number of nitrogens with two attached hydrogens (primary N) is 1. The third-order valence-corrected chi connectivity index (χ3v) is 1.72. The Bertz CT molecular complexity index is 482. The van der Waals surface area contributed by atoms with Crippen molar-refractivity contribution in [3.63, 3.8) is 0 Å². The van der Waals surface area contributed by atoms with Crippen molar-refractivity contribution in [3.8, 4) is 0 Å². The number of aromatic amines is 1. The number of nitrogen functional groups attached to an aromatic ring is 1. The van der Waals surface area contributed by atoms with Crippen LogP contribution in [0.5, 0.6) is 0 Å².